The van der Waals surface area contributed by atoms with Gasteiger partial charge >= 0.3 is 10.1 Å². The number of aryl methyl sites for hydroxylation is 1. The van der Waals surface area contributed by atoms with Gasteiger partial charge in [-0.05, 0) is 68.8 Å². The van der Waals surface area contributed by atoms with Gasteiger partial charge in [-0.1, -0.05) is 48.0 Å². The van der Waals surface area contributed by atoms with Crippen LogP contribution in [0.5, 0.6) is 5.75 Å². The van der Waals surface area contributed by atoms with E-state index in [1.165, 1.54) is 24.3 Å². The third-order valence-corrected chi connectivity index (χ3v) is 6.53. The van der Waals surface area contributed by atoms with Crippen molar-refractivity contribution in [1.82, 2.24) is 10.2 Å². The van der Waals surface area contributed by atoms with Crippen LogP contribution in [0.15, 0.2) is 89.5 Å². The van der Waals surface area contributed by atoms with Gasteiger partial charge in [0, 0.05) is 18.7 Å². The molecule has 3 aromatic rings. The van der Waals surface area contributed by atoms with E-state index in [1.807, 2.05) is 20.8 Å². The predicted molar refractivity (Wildman–Crippen MR) is 135 cm³/mol. The molecule has 3 aromatic carbocycles. The average Bonchev–Trinajstić information content (AvgIpc) is 2.86. The summed E-state index contributed by atoms with van der Waals surface area (Å²) in [6.07, 6.45) is 1.56. The number of nitrogens with zero attached hydrogens (tertiary/aromatic N) is 1. The van der Waals surface area contributed by atoms with E-state index in [-0.39, 0.29) is 22.2 Å². The predicted octanol–water partition coefficient (Wildman–Crippen LogP) is 4.40. The van der Waals surface area contributed by atoms with E-state index >= 15 is 0 Å². The van der Waals surface area contributed by atoms with Gasteiger partial charge in [-0.2, -0.15) is 8.42 Å². The number of hydrogen-bond acceptors (Lipinski definition) is 5. The molecule has 0 bridgehead atoms. The maximum absolute atomic E-state index is 13.1. The van der Waals surface area contributed by atoms with Gasteiger partial charge in [0.1, 0.15) is 16.3 Å². The van der Waals surface area contributed by atoms with Crippen LogP contribution in [0, 0.1) is 6.92 Å². The molecule has 0 fully saturated rings. The van der Waals surface area contributed by atoms with Gasteiger partial charge in [0.25, 0.3) is 11.8 Å². The summed E-state index contributed by atoms with van der Waals surface area (Å²) in [5.41, 5.74) is 2.07. The Hall–Kier alpha value is -3.91. The molecule has 0 saturated carbocycles. The van der Waals surface area contributed by atoms with Gasteiger partial charge in [0.15, 0.2) is 0 Å². The highest BCUT2D eigenvalue weighted by Crippen LogP contribution is 2.21. The zero-order valence-corrected chi connectivity index (χ0v) is 20.7. The van der Waals surface area contributed by atoms with E-state index in [1.54, 1.807) is 65.6 Å². The van der Waals surface area contributed by atoms with Crippen molar-refractivity contribution < 1.29 is 22.2 Å². The lowest BCUT2D eigenvalue weighted by molar-refractivity contribution is -0.127. The molecule has 0 spiro atoms. The molecular formula is C27H28N2O5S. The first-order valence-corrected chi connectivity index (χ1v) is 12.6. The molecule has 0 atom stereocenters. The van der Waals surface area contributed by atoms with Crippen molar-refractivity contribution >= 4 is 28.0 Å². The average molecular weight is 493 g/mol. The zero-order valence-electron chi connectivity index (χ0n) is 19.9. The van der Waals surface area contributed by atoms with E-state index in [9.17, 15) is 18.0 Å². The first-order valence-electron chi connectivity index (χ1n) is 11.2. The van der Waals surface area contributed by atoms with Gasteiger partial charge < -0.3 is 14.4 Å². The Bertz CT molecular complexity index is 1300. The first kappa shape index (κ1) is 25.7. The Morgan fingerprint density at radius 1 is 0.886 bits per heavy atom. The minimum absolute atomic E-state index is 0.0582. The molecule has 0 aromatic heterocycles. The summed E-state index contributed by atoms with van der Waals surface area (Å²) in [6.45, 7) is 6.55. The highest BCUT2D eigenvalue weighted by molar-refractivity contribution is 7.87. The van der Waals surface area contributed by atoms with Gasteiger partial charge in [-0.15, -0.1) is 0 Å². The van der Waals surface area contributed by atoms with E-state index in [4.69, 9.17) is 4.18 Å². The van der Waals surface area contributed by atoms with Crippen molar-refractivity contribution in [2.45, 2.75) is 25.7 Å². The number of carbonyl (C=O) groups excluding carboxylic acids is 2. The van der Waals surface area contributed by atoms with Crippen LogP contribution >= 0.6 is 0 Å². The number of rotatable bonds is 9. The molecule has 0 heterocycles. The van der Waals surface area contributed by atoms with E-state index in [0.29, 0.717) is 24.2 Å². The maximum Gasteiger partial charge on any atom is 0.339 e. The largest absolute Gasteiger partial charge is 0.379 e. The van der Waals surface area contributed by atoms with Crippen molar-refractivity contribution in [3.8, 4) is 5.75 Å². The molecular weight excluding hydrogens is 464 g/mol. The quantitative estimate of drug-likeness (QED) is 0.353. The second-order valence-corrected chi connectivity index (χ2v) is 9.32. The molecule has 35 heavy (non-hydrogen) atoms. The van der Waals surface area contributed by atoms with Crippen LogP contribution < -0.4 is 9.50 Å². The van der Waals surface area contributed by atoms with Crippen molar-refractivity contribution in [3.05, 3.63) is 101 Å². The van der Waals surface area contributed by atoms with Crippen molar-refractivity contribution in [1.29, 1.82) is 0 Å². The highest BCUT2D eigenvalue weighted by Gasteiger charge is 2.19. The van der Waals surface area contributed by atoms with E-state index in [2.05, 4.69) is 5.32 Å². The fraction of sp³-hybridized carbons (Fsp3) is 0.185. The smallest absolute Gasteiger partial charge is 0.339 e. The van der Waals surface area contributed by atoms with Gasteiger partial charge in [0.05, 0.1) is 0 Å². The van der Waals surface area contributed by atoms with E-state index in [0.717, 1.165) is 5.56 Å². The lowest BCUT2D eigenvalue weighted by Crippen LogP contribution is -2.38. The second-order valence-electron chi connectivity index (χ2n) is 7.78. The van der Waals surface area contributed by atoms with Crippen LogP contribution in [-0.2, 0) is 14.9 Å². The summed E-state index contributed by atoms with van der Waals surface area (Å²) < 4.78 is 30.3. The van der Waals surface area contributed by atoms with Crippen LogP contribution in [0.25, 0.3) is 6.08 Å². The number of amides is 2. The molecule has 0 unspecified atom stereocenters. The number of nitrogens with one attached hydrogen (secondary N) is 1. The SMILES string of the molecule is CCN(CC)C(=O)C(=Cc1ccc(OS(=O)(=O)c2ccc(C)cc2)cc1)NC(=O)c1ccccc1. The molecule has 3 rings (SSSR count). The monoisotopic (exact) mass is 492 g/mol. The fourth-order valence-electron chi connectivity index (χ4n) is 3.28. The van der Waals surface area contributed by atoms with Crippen LogP contribution in [0.4, 0.5) is 0 Å². The lowest BCUT2D eigenvalue weighted by Gasteiger charge is -2.21. The minimum Gasteiger partial charge on any atom is -0.379 e. The number of hydrogen-bond donors (Lipinski definition) is 1. The standard InChI is InChI=1S/C27H28N2O5S/c1-4-29(5-2)27(31)25(28-26(30)22-9-7-6-8-10-22)19-21-13-15-23(16-14-21)34-35(32,33)24-17-11-20(3)12-18-24/h6-19H,4-5H2,1-3H3,(H,28,30). The molecule has 1 N–H and O–H groups in total. The Kier molecular flexibility index (Phi) is 8.43. The summed E-state index contributed by atoms with van der Waals surface area (Å²) in [5, 5.41) is 2.71. The third-order valence-electron chi connectivity index (χ3n) is 5.27. The van der Waals surface area contributed by atoms with Crippen molar-refractivity contribution in [2.75, 3.05) is 13.1 Å². The molecule has 182 valence electrons. The molecule has 2 amide bonds. The van der Waals surface area contributed by atoms with Gasteiger partial charge in [0.2, 0.25) is 0 Å². The normalized spacial score (nSPS) is 11.6. The topological polar surface area (TPSA) is 92.8 Å². The molecule has 0 aliphatic heterocycles. The Labute approximate surface area is 206 Å². The van der Waals surface area contributed by atoms with Crippen LogP contribution in [0.1, 0.15) is 35.3 Å². The van der Waals surface area contributed by atoms with E-state index < -0.39 is 16.0 Å². The van der Waals surface area contributed by atoms with Crippen LogP contribution in [-0.4, -0.2) is 38.2 Å². The number of likely N-dealkylation sites (N-methyl/N-ethyl adjacent to an activating group) is 1. The maximum atomic E-state index is 13.1. The summed E-state index contributed by atoms with van der Waals surface area (Å²) in [5.74, 6) is -0.587. The summed E-state index contributed by atoms with van der Waals surface area (Å²) in [7, 11) is -3.98. The first-order chi connectivity index (χ1) is 16.7. The molecule has 0 saturated heterocycles. The Morgan fingerprint density at radius 2 is 1.49 bits per heavy atom. The third kappa shape index (κ3) is 6.80. The summed E-state index contributed by atoms with van der Waals surface area (Å²) in [6, 6.07) is 21.2. The zero-order chi connectivity index (χ0) is 25.4. The second kappa shape index (κ2) is 11.5. The summed E-state index contributed by atoms with van der Waals surface area (Å²) >= 11 is 0. The minimum atomic E-state index is -3.98. The molecule has 0 aliphatic carbocycles. The van der Waals surface area contributed by atoms with Crippen molar-refractivity contribution in [2.24, 2.45) is 0 Å². The summed E-state index contributed by atoms with van der Waals surface area (Å²) in [4.78, 5) is 27.4. The Balaban J connectivity index is 1.84. The van der Waals surface area contributed by atoms with Gasteiger partial charge in [-0.25, -0.2) is 0 Å². The fourth-order valence-corrected chi connectivity index (χ4v) is 4.21. The van der Waals surface area contributed by atoms with Crippen LogP contribution in [0.2, 0.25) is 0 Å². The van der Waals surface area contributed by atoms with Gasteiger partial charge in [-0.3, -0.25) is 9.59 Å². The molecule has 8 heteroatoms. The van der Waals surface area contributed by atoms with Crippen molar-refractivity contribution in [3.63, 3.8) is 0 Å². The van der Waals surface area contributed by atoms with Crippen LogP contribution in [0.3, 0.4) is 0 Å². The highest BCUT2D eigenvalue weighted by atomic mass is 32.2. The molecule has 0 aliphatic rings. The molecule has 7 nitrogen and oxygen atoms in total. The molecule has 0 radical (unpaired) electrons. The Morgan fingerprint density at radius 3 is 2.06 bits per heavy atom. The number of carbonyl (C=O) groups is 2. The number of benzene rings is 3. The lowest BCUT2D eigenvalue weighted by atomic mass is 10.1.